The van der Waals surface area contributed by atoms with Gasteiger partial charge in [0.15, 0.2) is 5.82 Å². The first-order valence-corrected chi connectivity index (χ1v) is 6.57. The van der Waals surface area contributed by atoms with Crippen LogP contribution in [0.2, 0.25) is 0 Å². The number of rotatable bonds is 5. The van der Waals surface area contributed by atoms with E-state index < -0.39 is 5.97 Å². The molecule has 6 nitrogen and oxygen atoms in total. The van der Waals surface area contributed by atoms with Crippen LogP contribution in [-0.4, -0.2) is 33.7 Å². The number of carbonyl (C=O) groups is 1. The van der Waals surface area contributed by atoms with Crippen molar-refractivity contribution in [2.24, 2.45) is 11.8 Å². The average Bonchev–Trinajstić information content (AvgIpc) is 2.31. The first kappa shape index (κ1) is 13.6. The van der Waals surface area contributed by atoms with Gasteiger partial charge in [0.1, 0.15) is 0 Å². The summed E-state index contributed by atoms with van der Waals surface area (Å²) in [5.41, 5.74) is -0.0919. The van der Waals surface area contributed by atoms with E-state index in [1.54, 1.807) is 23.9 Å². The fourth-order valence-electron chi connectivity index (χ4n) is 2.27. The molecular weight excluding hydrogens is 246 g/mol. The molecular formula is C13H19N3O3. The molecule has 2 heterocycles. The zero-order chi connectivity index (χ0) is 14.0. The minimum atomic E-state index is -0.783. The number of carboxylic acid groups (broad SMARTS) is 1. The fraction of sp³-hybridized carbons (Fsp3) is 0.615. The highest BCUT2D eigenvalue weighted by atomic mass is 16.4. The Labute approximate surface area is 111 Å². The molecule has 0 radical (unpaired) electrons. The van der Waals surface area contributed by atoms with E-state index in [0.29, 0.717) is 25.5 Å². The molecule has 19 heavy (non-hydrogen) atoms. The highest BCUT2D eigenvalue weighted by molar-refractivity contribution is 5.70. The molecule has 1 aliphatic rings. The smallest absolute Gasteiger partial charge is 0.306 e. The maximum Gasteiger partial charge on any atom is 0.306 e. The van der Waals surface area contributed by atoms with Gasteiger partial charge in [-0.25, -0.2) is 4.98 Å². The first-order valence-electron chi connectivity index (χ1n) is 6.57. The number of hydrogen-bond acceptors (Lipinski definition) is 4. The van der Waals surface area contributed by atoms with Gasteiger partial charge in [0.2, 0.25) is 0 Å². The molecule has 1 aromatic rings. The van der Waals surface area contributed by atoms with Crippen molar-refractivity contribution in [3.63, 3.8) is 0 Å². The van der Waals surface area contributed by atoms with E-state index in [0.717, 1.165) is 6.42 Å². The molecule has 2 rings (SSSR count). The summed E-state index contributed by atoms with van der Waals surface area (Å²) in [7, 11) is 0. The number of carboxylic acids is 1. The van der Waals surface area contributed by atoms with E-state index in [4.69, 9.17) is 5.11 Å². The monoisotopic (exact) mass is 265 g/mol. The molecule has 1 aromatic heterocycles. The Bertz CT molecular complexity index is 520. The van der Waals surface area contributed by atoms with Crippen LogP contribution in [0.1, 0.15) is 20.3 Å². The van der Waals surface area contributed by atoms with Crippen LogP contribution < -0.4 is 10.5 Å². The van der Waals surface area contributed by atoms with Crippen LogP contribution in [0.3, 0.4) is 0 Å². The number of anilines is 1. The number of hydrogen-bond donors (Lipinski definition) is 1. The van der Waals surface area contributed by atoms with Crippen molar-refractivity contribution in [2.45, 2.75) is 26.8 Å². The topological polar surface area (TPSA) is 75.4 Å². The SMILES string of the molecule is CCCn1ccnc(N2CC(C(C)C(=O)O)C2)c1=O. The second kappa shape index (κ2) is 5.42. The molecule has 6 heteroatoms. The normalized spacial score (nSPS) is 17.1. The van der Waals surface area contributed by atoms with Gasteiger partial charge in [0.05, 0.1) is 5.92 Å². The lowest BCUT2D eigenvalue weighted by atomic mass is 9.87. The standard InChI is InChI=1S/C13H19N3O3/c1-3-5-15-6-4-14-11(12(15)17)16-7-10(8-16)9(2)13(18)19/h4,6,9-10H,3,5,7-8H2,1-2H3,(H,18,19). The molecule has 1 fully saturated rings. The van der Waals surface area contributed by atoms with Crippen molar-refractivity contribution in [3.05, 3.63) is 22.7 Å². The highest BCUT2D eigenvalue weighted by Gasteiger charge is 2.36. The molecule has 0 amide bonds. The molecule has 1 unspecified atom stereocenters. The van der Waals surface area contributed by atoms with Gasteiger partial charge >= 0.3 is 5.97 Å². The Balaban J connectivity index is 2.08. The summed E-state index contributed by atoms with van der Waals surface area (Å²) in [4.78, 5) is 29.0. The summed E-state index contributed by atoms with van der Waals surface area (Å²) >= 11 is 0. The van der Waals surface area contributed by atoms with E-state index in [1.165, 1.54) is 0 Å². The van der Waals surface area contributed by atoms with Crippen molar-refractivity contribution in [1.29, 1.82) is 0 Å². The van der Waals surface area contributed by atoms with Crippen LogP contribution >= 0.6 is 0 Å². The Morgan fingerprint density at radius 1 is 1.58 bits per heavy atom. The van der Waals surface area contributed by atoms with Crippen molar-refractivity contribution >= 4 is 11.8 Å². The summed E-state index contributed by atoms with van der Waals surface area (Å²) in [5, 5.41) is 8.94. The Hall–Kier alpha value is -1.85. The predicted molar refractivity (Wildman–Crippen MR) is 71.3 cm³/mol. The van der Waals surface area contributed by atoms with E-state index >= 15 is 0 Å². The molecule has 0 aromatic carbocycles. The second-order valence-corrected chi connectivity index (χ2v) is 5.04. The lowest BCUT2D eigenvalue weighted by molar-refractivity contribution is -0.143. The molecule has 0 spiro atoms. The number of aliphatic carboxylic acids is 1. The zero-order valence-corrected chi connectivity index (χ0v) is 11.2. The fourth-order valence-corrected chi connectivity index (χ4v) is 2.27. The Morgan fingerprint density at radius 2 is 2.26 bits per heavy atom. The van der Waals surface area contributed by atoms with E-state index in [2.05, 4.69) is 4.98 Å². The second-order valence-electron chi connectivity index (χ2n) is 5.04. The van der Waals surface area contributed by atoms with Crippen molar-refractivity contribution in [3.8, 4) is 0 Å². The first-order chi connectivity index (χ1) is 9.04. The largest absolute Gasteiger partial charge is 0.481 e. The van der Waals surface area contributed by atoms with Gasteiger partial charge in [0.25, 0.3) is 5.56 Å². The highest BCUT2D eigenvalue weighted by Crippen LogP contribution is 2.26. The van der Waals surface area contributed by atoms with Gasteiger partial charge in [-0.05, 0) is 6.42 Å². The van der Waals surface area contributed by atoms with Gasteiger partial charge in [-0.15, -0.1) is 0 Å². The van der Waals surface area contributed by atoms with Crippen LogP contribution in [0.15, 0.2) is 17.2 Å². The van der Waals surface area contributed by atoms with Crippen LogP contribution in [0.25, 0.3) is 0 Å². The maximum absolute atomic E-state index is 12.1. The summed E-state index contributed by atoms with van der Waals surface area (Å²) in [6.07, 6.45) is 4.20. The van der Waals surface area contributed by atoms with Crippen molar-refractivity contribution in [1.82, 2.24) is 9.55 Å². The molecule has 1 aliphatic heterocycles. The minimum absolute atomic E-state index is 0.0919. The van der Waals surface area contributed by atoms with Gasteiger partial charge in [0, 0.05) is 37.9 Å². The third-order valence-corrected chi connectivity index (χ3v) is 3.67. The quantitative estimate of drug-likeness (QED) is 0.852. The van der Waals surface area contributed by atoms with E-state index in [-0.39, 0.29) is 17.4 Å². The average molecular weight is 265 g/mol. The number of aryl methyl sites for hydroxylation is 1. The molecule has 104 valence electrons. The van der Waals surface area contributed by atoms with E-state index in [1.807, 2.05) is 11.8 Å². The number of nitrogens with zero attached hydrogens (tertiary/aromatic N) is 3. The molecule has 1 atom stereocenters. The summed E-state index contributed by atoms with van der Waals surface area (Å²) in [6, 6.07) is 0. The zero-order valence-electron chi connectivity index (χ0n) is 11.2. The van der Waals surface area contributed by atoms with Crippen LogP contribution in [0.4, 0.5) is 5.82 Å². The molecule has 1 saturated heterocycles. The van der Waals surface area contributed by atoms with Gasteiger partial charge < -0.3 is 14.6 Å². The summed E-state index contributed by atoms with van der Waals surface area (Å²) < 4.78 is 1.65. The lowest BCUT2D eigenvalue weighted by Crippen LogP contribution is -2.53. The van der Waals surface area contributed by atoms with Gasteiger partial charge in [-0.2, -0.15) is 0 Å². The maximum atomic E-state index is 12.1. The van der Waals surface area contributed by atoms with Crippen molar-refractivity contribution in [2.75, 3.05) is 18.0 Å². The Morgan fingerprint density at radius 3 is 2.84 bits per heavy atom. The van der Waals surface area contributed by atoms with Crippen molar-refractivity contribution < 1.29 is 9.90 Å². The molecule has 0 aliphatic carbocycles. The minimum Gasteiger partial charge on any atom is -0.481 e. The van der Waals surface area contributed by atoms with Gasteiger partial charge in [-0.1, -0.05) is 13.8 Å². The molecule has 0 bridgehead atoms. The Kier molecular flexibility index (Phi) is 3.87. The van der Waals surface area contributed by atoms with Gasteiger partial charge in [-0.3, -0.25) is 9.59 Å². The third kappa shape index (κ3) is 2.62. The summed E-state index contributed by atoms with van der Waals surface area (Å²) in [6.45, 7) is 5.58. The van der Waals surface area contributed by atoms with E-state index in [9.17, 15) is 9.59 Å². The third-order valence-electron chi connectivity index (χ3n) is 3.67. The molecule has 1 N–H and O–H groups in total. The van der Waals surface area contributed by atoms with Crippen LogP contribution in [0.5, 0.6) is 0 Å². The lowest BCUT2D eigenvalue weighted by Gasteiger charge is -2.41. The molecule has 0 saturated carbocycles. The van der Waals surface area contributed by atoms with Crippen LogP contribution in [-0.2, 0) is 11.3 Å². The predicted octanol–water partition coefficient (Wildman–Crippen LogP) is 0.810. The number of aromatic nitrogens is 2. The summed E-state index contributed by atoms with van der Waals surface area (Å²) in [5.74, 6) is -0.629. The van der Waals surface area contributed by atoms with Crippen LogP contribution in [0, 0.1) is 11.8 Å².